The van der Waals surface area contributed by atoms with Crippen LogP contribution in [0, 0.1) is 0 Å². The van der Waals surface area contributed by atoms with Crippen molar-refractivity contribution in [1.82, 2.24) is 5.32 Å². The summed E-state index contributed by atoms with van der Waals surface area (Å²) in [6, 6.07) is 9.79. The zero-order valence-electron chi connectivity index (χ0n) is 10.9. The normalized spacial score (nSPS) is 17.3. The molecule has 3 nitrogen and oxygen atoms in total. The van der Waals surface area contributed by atoms with Gasteiger partial charge in [0.05, 0.1) is 6.04 Å². The van der Waals surface area contributed by atoms with Crippen LogP contribution in [0.25, 0.3) is 0 Å². The van der Waals surface area contributed by atoms with Gasteiger partial charge in [-0.25, -0.2) is 0 Å². The van der Waals surface area contributed by atoms with Crippen LogP contribution in [0.1, 0.15) is 18.4 Å². The van der Waals surface area contributed by atoms with Crippen LogP contribution in [0.2, 0.25) is 0 Å². The van der Waals surface area contributed by atoms with E-state index in [1.807, 2.05) is 42.1 Å². The minimum absolute atomic E-state index is 0. The van der Waals surface area contributed by atoms with E-state index in [1.54, 1.807) is 0 Å². The van der Waals surface area contributed by atoms with E-state index in [4.69, 9.17) is 5.73 Å². The molecule has 1 aliphatic heterocycles. The quantitative estimate of drug-likeness (QED) is 0.894. The van der Waals surface area contributed by atoms with Gasteiger partial charge in [-0.05, 0) is 36.3 Å². The summed E-state index contributed by atoms with van der Waals surface area (Å²) < 4.78 is 0. The third-order valence-corrected chi connectivity index (χ3v) is 4.25. The molecule has 19 heavy (non-hydrogen) atoms. The minimum Gasteiger partial charge on any atom is -0.352 e. The Bertz CT molecular complexity index is 382. The molecule has 0 aliphatic carbocycles. The van der Waals surface area contributed by atoms with Crippen molar-refractivity contribution in [3.63, 3.8) is 0 Å². The van der Waals surface area contributed by atoms with Crippen LogP contribution in [0.3, 0.4) is 0 Å². The van der Waals surface area contributed by atoms with Crippen LogP contribution in [-0.2, 0) is 11.2 Å². The first-order valence-corrected chi connectivity index (χ1v) is 7.59. The van der Waals surface area contributed by atoms with Gasteiger partial charge in [-0.2, -0.15) is 11.8 Å². The number of nitrogens with two attached hydrogens (primary N) is 1. The van der Waals surface area contributed by atoms with E-state index in [9.17, 15) is 4.79 Å². The molecule has 0 bridgehead atoms. The van der Waals surface area contributed by atoms with Gasteiger partial charge < -0.3 is 11.1 Å². The Kier molecular flexibility index (Phi) is 7.28. The van der Waals surface area contributed by atoms with Crippen LogP contribution >= 0.6 is 24.2 Å². The Morgan fingerprint density at radius 1 is 1.32 bits per heavy atom. The summed E-state index contributed by atoms with van der Waals surface area (Å²) in [5.41, 5.74) is 7.06. The number of rotatable bonds is 4. The second kappa shape index (κ2) is 8.46. The van der Waals surface area contributed by atoms with E-state index >= 15 is 0 Å². The van der Waals surface area contributed by atoms with E-state index in [1.165, 1.54) is 0 Å². The fourth-order valence-electron chi connectivity index (χ4n) is 2.11. The summed E-state index contributed by atoms with van der Waals surface area (Å²) in [6.45, 7) is 0. The topological polar surface area (TPSA) is 55.1 Å². The number of thioether (sulfide) groups is 1. The molecule has 2 rings (SSSR count). The lowest BCUT2D eigenvalue weighted by Crippen LogP contribution is -2.47. The fraction of sp³-hybridized carbons (Fsp3) is 0.500. The molecule has 1 amide bonds. The van der Waals surface area contributed by atoms with Crippen molar-refractivity contribution >= 4 is 30.1 Å². The Balaban J connectivity index is 0.00000180. The zero-order valence-corrected chi connectivity index (χ0v) is 12.5. The molecule has 1 fully saturated rings. The molecule has 0 saturated carbocycles. The monoisotopic (exact) mass is 300 g/mol. The van der Waals surface area contributed by atoms with Crippen LogP contribution in [0.15, 0.2) is 30.3 Å². The van der Waals surface area contributed by atoms with Gasteiger partial charge in [-0.3, -0.25) is 4.79 Å². The van der Waals surface area contributed by atoms with Gasteiger partial charge in [-0.15, -0.1) is 12.4 Å². The number of benzene rings is 1. The highest BCUT2D eigenvalue weighted by molar-refractivity contribution is 7.99. The molecule has 1 aliphatic rings. The smallest absolute Gasteiger partial charge is 0.237 e. The van der Waals surface area contributed by atoms with Crippen LogP contribution < -0.4 is 11.1 Å². The van der Waals surface area contributed by atoms with Crippen LogP contribution in [0.4, 0.5) is 0 Å². The SMILES string of the molecule is Cl.NC(Cc1ccccc1)C(=O)NC1CCSCC1. The third kappa shape index (κ3) is 5.43. The van der Waals surface area contributed by atoms with Crippen LogP contribution in [-0.4, -0.2) is 29.5 Å². The summed E-state index contributed by atoms with van der Waals surface area (Å²) in [6.07, 6.45) is 2.73. The first kappa shape index (κ1) is 16.3. The summed E-state index contributed by atoms with van der Waals surface area (Å²) in [5.74, 6) is 2.26. The molecule has 1 unspecified atom stereocenters. The van der Waals surface area contributed by atoms with Gasteiger partial charge in [0, 0.05) is 6.04 Å². The van der Waals surface area contributed by atoms with Crippen molar-refractivity contribution in [2.24, 2.45) is 5.73 Å². The standard InChI is InChI=1S/C14H20N2OS.ClH/c15-13(10-11-4-2-1-3-5-11)14(17)16-12-6-8-18-9-7-12;/h1-5,12-13H,6-10,15H2,(H,16,17);1H. The highest BCUT2D eigenvalue weighted by atomic mass is 35.5. The van der Waals surface area contributed by atoms with E-state index in [0.717, 1.165) is 29.9 Å². The molecular weight excluding hydrogens is 280 g/mol. The molecule has 1 saturated heterocycles. The molecule has 106 valence electrons. The number of hydrogen-bond acceptors (Lipinski definition) is 3. The van der Waals surface area contributed by atoms with Gasteiger partial charge in [-0.1, -0.05) is 30.3 Å². The van der Waals surface area contributed by atoms with Crippen LogP contribution in [0.5, 0.6) is 0 Å². The second-order valence-electron chi connectivity index (χ2n) is 4.69. The fourth-order valence-corrected chi connectivity index (χ4v) is 3.22. The Morgan fingerprint density at radius 3 is 2.58 bits per heavy atom. The maximum absolute atomic E-state index is 12.0. The molecule has 0 spiro atoms. The number of nitrogens with one attached hydrogen (secondary N) is 1. The number of carbonyl (C=O) groups excluding carboxylic acids is 1. The summed E-state index contributed by atoms with van der Waals surface area (Å²) in [4.78, 5) is 12.0. The summed E-state index contributed by atoms with van der Waals surface area (Å²) in [7, 11) is 0. The van der Waals surface area contributed by atoms with Crippen molar-refractivity contribution in [3.8, 4) is 0 Å². The van der Waals surface area contributed by atoms with Gasteiger partial charge in [0.2, 0.25) is 5.91 Å². The number of carbonyl (C=O) groups is 1. The summed E-state index contributed by atoms with van der Waals surface area (Å²) >= 11 is 1.95. The highest BCUT2D eigenvalue weighted by Crippen LogP contribution is 2.17. The zero-order chi connectivity index (χ0) is 12.8. The lowest BCUT2D eigenvalue weighted by molar-refractivity contribution is -0.123. The Morgan fingerprint density at radius 2 is 1.95 bits per heavy atom. The van der Waals surface area contributed by atoms with Crippen molar-refractivity contribution in [2.75, 3.05) is 11.5 Å². The maximum atomic E-state index is 12.0. The molecule has 0 aromatic heterocycles. The van der Waals surface area contributed by atoms with Crippen molar-refractivity contribution < 1.29 is 4.79 Å². The Hall–Kier alpha value is -0.710. The molecule has 1 aromatic rings. The van der Waals surface area contributed by atoms with Gasteiger partial charge >= 0.3 is 0 Å². The first-order valence-electron chi connectivity index (χ1n) is 6.43. The van der Waals surface area contributed by atoms with Gasteiger partial charge in [0.25, 0.3) is 0 Å². The molecule has 0 radical (unpaired) electrons. The molecule has 5 heteroatoms. The van der Waals surface area contributed by atoms with Crippen molar-refractivity contribution in [1.29, 1.82) is 0 Å². The van der Waals surface area contributed by atoms with E-state index in [-0.39, 0.29) is 18.3 Å². The van der Waals surface area contributed by atoms with E-state index in [0.29, 0.717) is 12.5 Å². The van der Waals surface area contributed by atoms with Crippen molar-refractivity contribution in [3.05, 3.63) is 35.9 Å². The van der Waals surface area contributed by atoms with E-state index in [2.05, 4.69) is 5.32 Å². The molecule has 3 N–H and O–H groups in total. The first-order chi connectivity index (χ1) is 8.75. The predicted molar refractivity (Wildman–Crippen MR) is 83.9 cm³/mol. The third-order valence-electron chi connectivity index (χ3n) is 3.20. The summed E-state index contributed by atoms with van der Waals surface area (Å²) in [5, 5.41) is 3.06. The van der Waals surface area contributed by atoms with Crippen molar-refractivity contribution in [2.45, 2.75) is 31.3 Å². The van der Waals surface area contributed by atoms with Gasteiger partial charge in [0.15, 0.2) is 0 Å². The lowest BCUT2D eigenvalue weighted by Gasteiger charge is -2.24. The van der Waals surface area contributed by atoms with E-state index < -0.39 is 6.04 Å². The average molecular weight is 301 g/mol. The highest BCUT2D eigenvalue weighted by Gasteiger charge is 2.20. The average Bonchev–Trinajstić information content (AvgIpc) is 2.41. The minimum atomic E-state index is -0.443. The predicted octanol–water partition coefficient (Wildman–Crippen LogP) is 1.99. The number of halogens is 1. The Labute approximate surface area is 125 Å². The maximum Gasteiger partial charge on any atom is 0.237 e. The number of amides is 1. The largest absolute Gasteiger partial charge is 0.352 e. The molecule has 1 aromatic carbocycles. The number of hydrogen-bond donors (Lipinski definition) is 2. The molecule has 1 atom stereocenters. The molecule has 1 heterocycles. The molecular formula is C14H21ClN2OS. The van der Waals surface area contributed by atoms with Gasteiger partial charge in [0.1, 0.15) is 0 Å². The lowest BCUT2D eigenvalue weighted by atomic mass is 10.1. The second-order valence-corrected chi connectivity index (χ2v) is 5.92.